The Kier molecular flexibility index (Phi) is 5.11. The largest absolute Gasteiger partial charge is 0.494 e. The van der Waals surface area contributed by atoms with Gasteiger partial charge in [0.15, 0.2) is 5.78 Å². The van der Waals surface area contributed by atoms with Crippen molar-refractivity contribution in [3.05, 3.63) is 35.4 Å². The molecule has 4 fully saturated rings. The molecule has 0 aromatic heterocycles. The summed E-state index contributed by atoms with van der Waals surface area (Å²) < 4.78 is 5.57. The van der Waals surface area contributed by atoms with E-state index in [1.807, 2.05) is 19.1 Å². The summed E-state index contributed by atoms with van der Waals surface area (Å²) in [6.07, 6.45) is 14.0. The van der Waals surface area contributed by atoms with E-state index in [0.29, 0.717) is 23.7 Å². The summed E-state index contributed by atoms with van der Waals surface area (Å²) in [6, 6.07) is 8.22. The summed E-state index contributed by atoms with van der Waals surface area (Å²) >= 11 is 0. The number of ether oxygens (including phenoxy) is 1. The molecule has 0 aliphatic heterocycles. The third kappa shape index (κ3) is 3.09. The number of fused-ring (bicyclic) bond motifs is 5. The molecule has 1 aromatic carbocycles. The van der Waals surface area contributed by atoms with Gasteiger partial charge in [-0.1, -0.05) is 38.8 Å². The van der Waals surface area contributed by atoms with Gasteiger partial charge in [-0.05, 0) is 110 Å². The fourth-order valence-electron chi connectivity index (χ4n) is 8.12. The highest BCUT2D eigenvalue weighted by atomic mass is 16.5. The van der Waals surface area contributed by atoms with Gasteiger partial charge in [0.05, 0.1) is 6.61 Å². The molecular weight excluding hydrogens is 368 g/mol. The molecule has 5 rings (SSSR count). The predicted molar refractivity (Wildman–Crippen MR) is 122 cm³/mol. The van der Waals surface area contributed by atoms with Crippen LogP contribution in [-0.4, -0.2) is 12.4 Å². The van der Waals surface area contributed by atoms with Crippen LogP contribution in [0.4, 0.5) is 0 Å². The summed E-state index contributed by atoms with van der Waals surface area (Å²) in [5, 5.41) is 0. The van der Waals surface area contributed by atoms with Gasteiger partial charge in [-0.3, -0.25) is 4.79 Å². The van der Waals surface area contributed by atoms with E-state index in [4.69, 9.17) is 4.74 Å². The van der Waals surface area contributed by atoms with Gasteiger partial charge in [0.1, 0.15) is 5.75 Å². The Morgan fingerprint density at radius 1 is 1.00 bits per heavy atom. The highest BCUT2D eigenvalue weighted by Gasteiger charge is 2.60. The smallest absolute Gasteiger partial charge is 0.165 e. The van der Waals surface area contributed by atoms with Crippen LogP contribution in [0.2, 0.25) is 0 Å². The first kappa shape index (κ1) is 20.3. The quantitative estimate of drug-likeness (QED) is 0.501. The van der Waals surface area contributed by atoms with Crippen LogP contribution in [0.25, 0.3) is 6.08 Å². The highest BCUT2D eigenvalue weighted by molar-refractivity contribution is 6.05. The molecule has 0 unspecified atom stereocenters. The Morgan fingerprint density at radius 3 is 2.57 bits per heavy atom. The van der Waals surface area contributed by atoms with Crippen LogP contribution in [0.1, 0.15) is 84.1 Å². The van der Waals surface area contributed by atoms with E-state index in [2.05, 4.69) is 32.1 Å². The summed E-state index contributed by atoms with van der Waals surface area (Å²) in [5.74, 6) is 4.42. The number of Topliss-reactive ketones (excluding diaryl/α,β-unsaturated/α-hetero) is 1. The zero-order valence-corrected chi connectivity index (χ0v) is 19.1. The maximum Gasteiger partial charge on any atom is 0.165 e. The van der Waals surface area contributed by atoms with Crippen molar-refractivity contribution >= 4 is 11.9 Å². The standard InChI is InChI=1S/C28H38O2/c1-4-30-22-11-8-19(9-12-22)17-20-18-25-23-13-10-21-7-5-6-15-27(21,2)24(23)14-16-28(25,3)26(20)29/h8-9,11-12,17,21,23-25H,4-7,10,13-16,18H2,1-3H3/b20-17-/t21-,23-,24+,25+,27-,28-/m0/s1. The van der Waals surface area contributed by atoms with E-state index in [1.54, 1.807) is 0 Å². The lowest BCUT2D eigenvalue weighted by atomic mass is 9.45. The molecule has 162 valence electrons. The first-order chi connectivity index (χ1) is 14.5. The lowest BCUT2D eigenvalue weighted by Crippen LogP contribution is -2.52. The number of rotatable bonds is 3. The van der Waals surface area contributed by atoms with Gasteiger partial charge in [0, 0.05) is 5.41 Å². The van der Waals surface area contributed by atoms with Crippen LogP contribution in [0.5, 0.6) is 5.75 Å². The van der Waals surface area contributed by atoms with Crippen molar-refractivity contribution in [1.82, 2.24) is 0 Å². The monoisotopic (exact) mass is 406 g/mol. The molecule has 1 aromatic rings. The van der Waals surface area contributed by atoms with Crippen molar-refractivity contribution in [3.8, 4) is 5.75 Å². The molecule has 0 heterocycles. The van der Waals surface area contributed by atoms with Gasteiger partial charge in [-0.15, -0.1) is 0 Å². The van der Waals surface area contributed by atoms with Gasteiger partial charge in [-0.2, -0.15) is 0 Å². The summed E-state index contributed by atoms with van der Waals surface area (Å²) in [6.45, 7) is 7.60. The van der Waals surface area contributed by atoms with E-state index in [0.717, 1.165) is 47.5 Å². The number of benzene rings is 1. The van der Waals surface area contributed by atoms with E-state index >= 15 is 0 Å². The molecule has 0 N–H and O–H groups in total. The molecule has 0 radical (unpaired) electrons. The van der Waals surface area contributed by atoms with Crippen molar-refractivity contribution in [2.75, 3.05) is 6.61 Å². The maximum absolute atomic E-state index is 13.6. The van der Waals surface area contributed by atoms with E-state index in [-0.39, 0.29) is 5.41 Å². The molecule has 6 atom stereocenters. The molecule has 30 heavy (non-hydrogen) atoms. The SMILES string of the molecule is CCOc1ccc(/C=C2/C[C@@H]3[C@H]4CC[C@@H]5CCCC[C@]5(C)[C@@H]4CC[C@]3(C)C2=O)cc1. The highest BCUT2D eigenvalue weighted by Crippen LogP contribution is 2.66. The zero-order chi connectivity index (χ0) is 20.9. The lowest BCUT2D eigenvalue weighted by molar-refractivity contribution is -0.137. The molecule has 4 aliphatic carbocycles. The third-order valence-corrected chi connectivity index (χ3v) is 9.76. The number of carbonyl (C=O) groups excluding carboxylic acids is 1. The van der Waals surface area contributed by atoms with Crippen LogP contribution in [0.3, 0.4) is 0 Å². The minimum atomic E-state index is -0.129. The lowest BCUT2D eigenvalue weighted by Gasteiger charge is -2.59. The Hall–Kier alpha value is -1.57. The number of hydrogen-bond acceptors (Lipinski definition) is 2. The van der Waals surface area contributed by atoms with Crippen molar-refractivity contribution in [1.29, 1.82) is 0 Å². The van der Waals surface area contributed by atoms with Gasteiger partial charge < -0.3 is 4.74 Å². The van der Waals surface area contributed by atoms with Crippen molar-refractivity contribution in [2.24, 2.45) is 34.5 Å². The number of ketones is 1. The van der Waals surface area contributed by atoms with Crippen LogP contribution < -0.4 is 4.74 Å². The van der Waals surface area contributed by atoms with Crippen LogP contribution in [-0.2, 0) is 4.79 Å². The average molecular weight is 407 g/mol. The molecule has 0 spiro atoms. The third-order valence-electron chi connectivity index (χ3n) is 9.76. The molecule has 2 heteroatoms. The molecule has 0 amide bonds. The van der Waals surface area contributed by atoms with Crippen LogP contribution >= 0.6 is 0 Å². The molecule has 0 saturated heterocycles. The summed E-state index contributed by atoms with van der Waals surface area (Å²) in [7, 11) is 0. The Labute approximate surface area is 182 Å². The average Bonchev–Trinajstić information content (AvgIpc) is 3.00. The molecule has 4 saturated carbocycles. The van der Waals surface area contributed by atoms with Crippen molar-refractivity contribution < 1.29 is 9.53 Å². The Bertz CT molecular complexity index is 837. The minimum Gasteiger partial charge on any atom is -0.494 e. The van der Waals surface area contributed by atoms with Crippen molar-refractivity contribution in [3.63, 3.8) is 0 Å². The summed E-state index contributed by atoms with van der Waals surface area (Å²) in [5.41, 5.74) is 2.61. The van der Waals surface area contributed by atoms with Crippen LogP contribution in [0.15, 0.2) is 29.8 Å². The second kappa shape index (κ2) is 7.53. The predicted octanol–water partition coefficient (Wildman–Crippen LogP) is 7.08. The zero-order valence-electron chi connectivity index (χ0n) is 19.1. The van der Waals surface area contributed by atoms with Crippen LogP contribution in [0, 0.1) is 34.5 Å². The molecular formula is C28H38O2. The van der Waals surface area contributed by atoms with Gasteiger partial charge >= 0.3 is 0 Å². The second-order valence-corrected chi connectivity index (χ2v) is 11.1. The molecule has 4 aliphatic rings. The number of allylic oxidation sites excluding steroid dienone is 1. The minimum absolute atomic E-state index is 0.129. The van der Waals surface area contributed by atoms with E-state index < -0.39 is 0 Å². The maximum atomic E-state index is 13.6. The normalized spacial score (nSPS) is 41.8. The first-order valence-electron chi connectivity index (χ1n) is 12.4. The van der Waals surface area contributed by atoms with Gasteiger partial charge in [0.25, 0.3) is 0 Å². The number of hydrogen-bond donors (Lipinski definition) is 0. The molecule has 0 bridgehead atoms. The molecule has 2 nitrogen and oxygen atoms in total. The number of carbonyl (C=O) groups is 1. The topological polar surface area (TPSA) is 26.3 Å². The van der Waals surface area contributed by atoms with Gasteiger partial charge in [-0.25, -0.2) is 0 Å². The first-order valence-corrected chi connectivity index (χ1v) is 12.4. The van der Waals surface area contributed by atoms with E-state index in [1.165, 1.54) is 44.9 Å². The Balaban J connectivity index is 1.41. The van der Waals surface area contributed by atoms with E-state index in [9.17, 15) is 4.79 Å². The fraction of sp³-hybridized carbons (Fsp3) is 0.679. The Morgan fingerprint density at radius 2 is 1.80 bits per heavy atom. The summed E-state index contributed by atoms with van der Waals surface area (Å²) in [4.78, 5) is 13.6. The second-order valence-electron chi connectivity index (χ2n) is 11.1. The fourth-order valence-corrected chi connectivity index (χ4v) is 8.12. The van der Waals surface area contributed by atoms with Gasteiger partial charge in [0.2, 0.25) is 0 Å². The van der Waals surface area contributed by atoms with Crippen molar-refractivity contribution in [2.45, 2.75) is 78.6 Å².